The van der Waals surface area contributed by atoms with Crippen LogP contribution in [0.5, 0.6) is 0 Å². The topological polar surface area (TPSA) is 29.3 Å². The Bertz CT molecular complexity index is 75.0. The second-order valence-electron chi connectivity index (χ2n) is 2.64. The van der Waals surface area contributed by atoms with Crippen LogP contribution in [0, 0.1) is 12.8 Å². The molecule has 1 fully saturated rings. The lowest BCUT2D eigenvalue weighted by atomic mass is 10.00. The van der Waals surface area contributed by atoms with Gasteiger partial charge in [-0.3, -0.25) is 4.90 Å². The monoisotopic (exact) mass is 126 g/mol. The van der Waals surface area contributed by atoms with Crippen LogP contribution in [0.15, 0.2) is 0 Å². The molecule has 0 bridgehead atoms. The molecule has 2 radical (unpaired) electrons. The van der Waals surface area contributed by atoms with Crippen molar-refractivity contribution in [1.29, 1.82) is 0 Å². The summed E-state index contributed by atoms with van der Waals surface area (Å²) in [6.45, 7) is 8.53. The smallest absolute Gasteiger partial charge is 0.0455 e. The molecule has 0 aliphatic carbocycles. The number of nitrogens with two attached hydrogens (primary N) is 1. The SMILES string of the molecule is [CH]C1CCN(CN)CC1. The summed E-state index contributed by atoms with van der Waals surface area (Å²) in [5.74, 6) is 0.424. The summed E-state index contributed by atoms with van der Waals surface area (Å²) in [5, 5.41) is 0. The largest absolute Gasteiger partial charge is 0.318 e. The van der Waals surface area contributed by atoms with Crippen molar-refractivity contribution >= 4 is 0 Å². The maximum Gasteiger partial charge on any atom is 0.0455 e. The lowest BCUT2D eigenvalue weighted by Gasteiger charge is -2.28. The molecule has 0 aromatic carbocycles. The highest BCUT2D eigenvalue weighted by Crippen LogP contribution is 2.13. The highest BCUT2D eigenvalue weighted by Gasteiger charge is 2.13. The van der Waals surface area contributed by atoms with Gasteiger partial charge in [0.25, 0.3) is 0 Å². The predicted molar refractivity (Wildman–Crippen MR) is 37.7 cm³/mol. The average Bonchev–Trinajstić information content (AvgIpc) is 1.90. The zero-order valence-electron chi connectivity index (χ0n) is 5.71. The minimum absolute atomic E-state index is 0.424. The summed E-state index contributed by atoms with van der Waals surface area (Å²) in [6.07, 6.45) is 2.22. The third kappa shape index (κ3) is 1.95. The number of likely N-dealkylation sites (tertiary alicyclic amines) is 1. The van der Waals surface area contributed by atoms with E-state index >= 15 is 0 Å². The highest BCUT2D eigenvalue weighted by molar-refractivity contribution is 4.71. The van der Waals surface area contributed by atoms with E-state index in [1.807, 2.05) is 0 Å². The molecule has 2 nitrogen and oxygen atoms in total. The van der Waals surface area contributed by atoms with Crippen molar-refractivity contribution in [3.8, 4) is 0 Å². The van der Waals surface area contributed by atoms with Crippen LogP contribution in [0.1, 0.15) is 12.8 Å². The van der Waals surface area contributed by atoms with Crippen molar-refractivity contribution in [1.82, 2.24) is 4.90 Å². The van der Waals surface area contributed by atoms with Crippen LogP contribution in [0.2, 0.25) is 0 Å². The van der Waals surface area contributed by atoms with Crippen LogP contribution in [0.4, 0.5) is 0 Å². The third-order valence-electron chi connectivity index (χ3n) is 1.89. The van der Waals surface area contributed by atoms with E-state index in [4.69, 9.17) is 12.7 Å². The van der Waals surface area contributed by atoms with E-state index in [0.717, 1.165) is 25.9 Å². The number of nitrogens with zero attached hydrogens (tertiary/aromatic N) is 1. The summed E-state index contributed by atoms with van der Waals surface area (Å²) in [5.41, 5.74) is 5.43. The quantitative estimate of drug-likeness (QED) is 0.548. The lowest BCUT2D eigenvalue weighted by Crippen LogP contribution is -2.36. The van der Waals surface area contributed by atoms with Gasteiger partial charge in [0.15, 0.2) is 0 Å². The molecule has 0 amide bonds. The first kappa shape index (κ1) is 7.03. The molecule has 1 rings (SSSR count). The normalized spacial score (nSPS) is 24.7. The van der Waals surface area contributed by atoms with Gasteiger partial charge in [-0.15, -0.1) is 0 Å². The van der Waals surface area contributed by atoms with E-state index in [-0.39, 0.29) is 0 Å². The van der Waals surface area contributed by atoms with Crippen molar-refractivity contribution in [2.24, 2.45) is 11.7 Å². The maximum atomic E-state index is 5.68. The molecule has 0 saturated carbocycles. The molecule has 0 spiro atoms. The molecular weight excluding hydrogens is 112 g/mol. The van der Waals surface area contributed by atoms with Gasteiger partial charge in [-0.2, -0.15) is 0 Å². The first-order valence-corrected chi connectivity index (χ1v) is 3.51. The molecule has 1 heterocycles. The Balaban J connectivity index is 2.18. The summed E-state index contributed by atoms with van der Waals surface area (Å²) >= 11 is 0. The Morgan fingerprint density at radius 1 is 1.44 bits per heavy atom. The molecule has 0 aromatic rings. The number of rotatable bonds is 1. The van der Waals surface area contributed by atoms with Gasteiger partial charge >= 0.3 is 0 Å². The van der Waals surface area contributed by atoms with Gasteiger partial charge in [0.2, 0.25) is 0 Å². The molecular formula is C7H14N2. The maximum absolute atomic E-state index is 5.68. The molecule has 1 aliphatic rings. The number of hydrogen-bond donors (Lipinski definition) is 1. The number of hydrogen-bond acceptors (Lipinski definition) is 2. The zero-order chi connectivity index (χ0) is 6.69. The minimum Gasteiger partial charge on any atom is -0.318 e. The summed E-state index contributed by atoms with van der Waals surface area (Å²) in [7, 11) is 0. The van der Waals surface area contributed by atoms with E-state index in [9.17, 15) is 0 Å². The van der Waals surface area contributed by atoms with Crippen molar-refractivity contribution in [3.63, 3.8) is 0 Å². The fraction of sp³-hybridized carbons (Fsp3) is 0.857. The van der Waals surface area contributed by atoms with Crippen LogP contribution in [-0.2, 0) is 0 Å². The zero-order valence-corrected chi connectivity index (χ0v) is 5.71. The summed E-state index contributed by atoms with van der Waals surface area (Å²) in [6, 6.07) is 0. The molecule has 0 unspecified atom stereocenters. The molecule has 1 saturated heterocycles. The third-order valence-corrected chi connectivity index (χ3v) is 1.89. The van der Waals surface area contributed by atoms with Gasteiger partial charge in [-0.25, -0.2) is 0 Å². The molecule has 0 aromatic heterocycles. The van der Waals surface area contributed by atoms with Crippen LogP contribution >= 0.6 is 0 Å². The fourth-order valence-electron chi connectivity index (χ4n) is 1.14. The van der Waals surface area contributed by atoms with Crippen LogP contribution in [-0.4, -0.2) is 24.7 Å². The van der Waals surface area contributed by atoms with E-state index in [2.05, 4.69) is 4.90 Å². The van der Waals surface area contributed by atoms with E-state index in [0.29, 0.717) is 12.6 Å². The van der Waals surface area contributed by atoms with Gasteiger partial charge in [0, 0.05) is 6.67 Å². The van der Waals surface area contributed by atoms with Crippen molar-refractivity contribution < 1.29 is 0 Å². The predicted octanol–water partition coefficient (Wildman–Crippen LogP) is 0.326. The number of piperidine rings is 1. The summed E-state index contributed by atoms with van der Waals surface area (Å²) in [4.78, 5) is 2.23. The van der Waals surface area contributed by atoms with E-state index < -0.39 is 0 Å². The highest BCUT2D eigenvalue weighted by atomic mass is 15.2. The van der Waals surface area contributed by atoms with E-state index in [1.165, 1.54) is 0 Å². The van der Waals surface area contributed by atoms with Gasteiger partial charge in [-0.05, 0) is 38.8 Å². The Morgan fingerprint density at radius 3 is 2.44 bits per heavy atom. The van der Waals surface area contributed by atoms with Crippen molar-refractivity contribution in [2.75, 3.05) is 19.8 Å². The Labute approximate surface area is 57.0 Å². The van der Waals surface area contributed by atoms with E-state index in [1.54, 1.807) is 0 Å². The Hall–Kier alpha value is -0.0800. The molecule has 2 N–H and O–H groups in total. The Morgan fingerprint density at radius 2 is 2.00 bits per heavy atom. The standard InChI is InChI=1S/C7H14N2/c1-7-2-4-9(6-8)5-3-7/h1,7H,2-6,8H2. The molecule has 52 valence electrons. The Kier molecular flexibility index (Phi) is 2.49. The first-order valence-electron chi connectivity index (χ1n) is 3.51. The van der Waals surface area contributed by atoms with Gasteiger partial charge in [0.1, 0.15) is 0 Å². The van der Waals surface area contributed by atoms with Crippen LogP contribution in [0.3, 0.4) is 0 Å². The van der Waals surface area contributed by atoms with Gasteiger partial charge in [-0.1, -0.05) is 0 Å². The van der Waals surface area contributed by atoms with Crippen LogP contribution < -0.4 is 5.73 Å². The van der Waals surface area contributed by atoms with Crippen molar-refractivity contribution in [3.05, 3.63) is 6.92 Å². The lowest BCUT2D eigenvalue weighted by molar-refractivity contribution is 0.207. The molecule has 0 atom stereocenters. The summed E-state index contributed by atoms with van der Waals surface area (Å²) < 4.78 is 0. The minimum atomic E-state index is 0.424. The average molecular weight is 126 g/mol. The molecule has 2 heteroatoms. The molecule has 9 heavy (non-hydrogen) atoms. The molecule has 1 aliphatic heterocycles. The first-order chi connectivity index (χ1) is 4.33. The van der Waals surface area contributed by atoms with Crippen molar-refractivity contribution in [2.45, 2.75) is 12.8 Å². The van der Waals surface area contributed by atoms with Gasteiger partial charge < -0.3 is 5.73 Å². The second kappa shape index (κ2) is 3.18. The van der Waals surface area contributed by atoms with Crippen LogP contribution in [0.25, 0.3) is 0 Å². The van der Waals surface area contributed by atoms with Gasteiger partial charge in [0.05, 0.1) is 0 Å². The second-order valence-corrected chi connectivity index (χ2v) is 2.64. The fourth-order valence-corrected chi connectivity index (χ4v) is 1.14.